The number of aldehydes is 1. The first kappa shape index (κ1) is 9.81. The first-order valence-corrected chi connectivity index (χ1v) is 4.11. The predicted molar refractivity (Wildman–Crippen MR) is 53.1 cm³/mol. The zero-order chi connectivity index (χ0) is 9.68. The summed E-state index contributed by atoms with van der Waals surface area (Å²) in [6, 6.07) is 5.24. The van der Waals surface area contributed by atoms with Crippen molar-refractivity contribution in [1.29, 1.82) is 0 Å². The number of ether oxygens (including phenoxy) is 1. The van der Waals surface area contributed by atoms with Crippen molar-refractivity contribution in [3.63, 3.8) is 0 Å². The van der Waals surface area contributed by atoms with Gasteiger partial charge in [-0.2, -0.15) is 0 Å². The summed E-state index contributed by atoms with van der Waals surface area (Å²) in [4.78, 5) is 10.1. The maximum absolute atomic E-state index is 10.1. The third-order valence-electron chi connectivity index (χ3n) is 1.55. The van der Waals surface area contributed by atoms with Gasteiger partial charge >= 0.3 is 0 Å². The van der Waals surface area contributed by atoms with Gasteiger partial charge in [-0.3, -0.25) is 4.79 Å². The zero-order valence-electron chi connectivity index (χ0n) is 7.16. The van der Waals surface area contributed by atoms with Gasteiger partial charge in [-0.25, -0.2) is 0 Å². The first-order chi connectivity index (χ1) is 6.27. The molecule has 0 saturated carbocycles. The van der Waals surface area contributed by atoms with Crippen LogP contribution >= 0.6 is 11.6 Å². The highest BCUT2D eigenvalue weighted by molar-refractivity contribution is 6.30. The molecular weight excluding hydrogens is 188 g/mol. The second-order valence-corrected chi connectivity index (χ2v) is 2.82. The first-order valence-electron chi connectivity index (χ1n) is 3.73. The Morgan fingerprint density at radius 2 is 2.23 bits per heavy atom. The van der Waals surface area contributed by atoms with Crippen molar-refractivity contribution in [2.24, 2.45) is 0 Å². The molecular formula is C10H9ClO2. The number of hydrogen-bond donors (Lipinski definition) is 0. The van der Waals surface area contributed by atoms with E-state index in [9.17, 15) is 4.79 Å². The Labute approximate surface area is 81.8 Å². The van der Waals surface area contributed by atoms with Crippen LogP contribution in [0.5, 0.6) is 5.75 Å². The zero-order valence-corrected chi connectivity index (χ0v) is 7.91. The lowest BCUT2D eigenvalue weighted by molar-refractivity contribution is -0.104. The van der Waals surface area contributed by atoms with E-state index in [0.717, 1.165) is 5.56 Å². The number of halogens is 1. The maximum atomic E-state index is 10.1. The lowest BCUT2D eigenvalue weighted by Gasteiger charge is -2.03. The maximum Gasteiger partial charge on any atom is 0.142 e. The molecule has 0 N–H and O–H groups in total. The van der Waals surface area contributed by atoms with E-state index in [2.05, 4.69) is 0 Å². The SMILES string of the molecule is COc1cc(Cl)ccc1/C=C/C=O. The molecule has 0 aliphatic rings. The van der Waals surface area contributed by atoms with Crippen molar-refractivity contribution < 1.29 is 9.53 Å². The molecule has 1 aromatic rings. The van der Waals surface area contributed by atoms with Gasteiger partial charge in [-0.1, -0.05) is 11.6 Å². The van der Waals surface area contributed by atoms with Crippen molar-refractivity contribution in [3.05, 3.63) is 34.9 Å². The average molecular weight is 197 g/mol. The summed E-state index contributed by atoms with van der Waals surface area (Å²) in [5, 5.41) is 0.611. The summed E-state index contributed by atoms with van der Waals surface area (Å²) in [7, 11) is 1.56. The molecule has 0 aromatic heterocycles. The molecule has 13 heavy (non-hydrogen) atoms. The van der Waals surface area contributed by atoms with E-state index in [1.165, 1.54) is 6.08 Å². The second kappa shape index (κ2) is 4.67. The lowest BCUT2D eigenvalue weighted by Crippen LogP contribution is -1.86. The molecule has 68 valence electrons. The van der Waals surface area contributed by atoms with E-state index in [-0.39, 0.29) is 0 Å². The van der Waals surface area contributed by atoms with Crippen LogP contribution in [0, 0.1) is 0 Å². The van der Waals surface area contributed by atoms with Crippen LogP contribution in [0.1, 0.15) is 5.56 Å². The summed E-state index contributed by atoms with van der Waals surface area (Å²) in [6.45, 7) is 0. The lowest BCUT2D eigenvalue weighted by atomic mass is 10.2. The van der Waals surface area contributed by atoms with Crippen molar-refractivity contribution >= 4 is 24.0 Å². The Morgan fingerprint density at radius 3 is 2.85 bits per heavy atom. The number of methoxy groups -OCH3 is 1. The highest BCUT2D eigenvalue weighted by Gasteiger charge is 1.99. The Morgan fingerprint density at radius 1 is 1.46 bits per heavy atom. The van der Waals surface area contributed by atoms with Gasteiger partial charge in [0.05, 0.1) is 7.11 Å². The summed E-state index contributed by atoms with van der Waals surface area (Å²) < 4.78 is 5.07. The van der Waals surface area contributed by atoms with Gasteiger partial charge in [0.25, 0.3) is 0 Å². The summed E-state index contributed by atoms with van der Waals surface area (Å²) >= 11 is 5.76. The van der Waals surface area contributed by atoms with Crippen LogP contribution in [0.3, 0.4) is 0 Å². The van der Waals surface area contributed by atoms with Crippen LogP contribution < -0.4 is 4.74 Å². The van der Waals surface area contributed by atoms with Gasteiger partial charge in [0, 0.05) is 10.6 Å². The Kier molecular flexibility index (Phi) is 3.53. The Hall–Kier alpha value is -1.28. The smallest absolute Gasteiger partial charge is 0.142 e. The highest BCUT2D eigenvalue weighted by atomic mass is 35.5. The fourth-order valence-corrected chi connectivity index (χ4v) is 1.13. The van der Waals surface area contributed by atoms with Gasteiger partial charge in [0.1, 0.15) is 12.0 Å². The molecule has 0 unspecified atom stereocenters. The monoisotopic (exact) mass is 196 g/mol. The molecule has 0 saturated heterocycles. The minimum absolute atomic E-state index is 0.611. The van der Waals surface area contributed by atoms with Crippen molar-refractivity contribution in [2.45, 2.75) is 0 Å². The van der Waals surface area contributed by atoms with Crippen LogP contribution in [0.4, 0.5) is 0 Å². The van der Waals surface area contributed by atoms with Crippen molar-refractivity contribution in [1.82, 2.24) is 0 Å². The standard InChI is InChI=1S/C10H9ClO2/c1-13-10-7-9(11)5-4-8(10)3-2-6-12/h2-7H,1H3/b3-2+. The van der Waals surface area contributed by atoms with Gasteiger partial charge in [-0.15, -0.1) is 0 Å². The van der Waals surface area contributed by atoms with Crippen LogP contribution in [-0.4, -0.2) is 13.4 Å². The van der Waals surface area contributed by atoms with Gasteiger partial charge in [0.15, 0.2) is 0 Å². The molecule has 0 aliphatic heterocycles. The molecule has 0 radical (unpaired) electrons. The van der Waals surface area contributed by atoms with Gasteiger partial charge < -0.3 is 4.74 Å². The van der Waals surface area contributed by atoms with E-state index in [1.807, 2.05) is 0 Å². The molecule has 0 bridgehead atoms. The Balaban J connectivity index is 3.05. The Bertz CT molecular complexity index is 332. The molecule has 3 heteroatoms. The minimum Gasteiger partial charge on any atom is -0.496 e. The fraction of sp³-hybridized carbons (Fsp3) is 0.100. The van der Waals surface area contributed by atoms with E-state index in [1.54, 1.807) is 31.4 Å². The van der Waals surface area contributed by atoms with Crippen LogP contribution in [0.15, 0.2) is 24.3 Å². The van der Waals surface area contributed by atoms with E-state index < -0.39 is 0 Å². The molecule has 1 aromatic carbocycles. The molecule has 0 heterocycles. The topological polar surface area (TPSA) is 26.3 Å². The predicted octanol–water partition coefficient (Wildman–Crippen LogP) is 2.56. The van der Waals surface area contributed by atoms with Crippen LogP contribution in [-0.2, 0) is 4.79 Å². The fourth-order valence-electron chi connectivity index (χ4n) is 0.966. The number of hydrogen-bond acceptors (Lipinski definition) is 2. The van der Waals surface area contributed by atoms with Gasteiger partial charge in [0.2, 0.25) is 0 Å². The third-order valence-corrected chi connectivity index (χ3v) is 1.78. The molecule has 0 aliphatic carbocycles. The summed E-state index contributed by atoms with van der Waals surface area (Å²) in [5.41, 5.74) is 0.832. The van der Waals surface area contributed by atoms with E-state index in [4.69, 9.17) is 16.3 Å². The third kappa shape index (κ3) is 2.60. The van der Waals surface area contributed by atoms with E-state index in [0.29, 0.717) is 17.1 Å². The normalized spacial score (nSPS) is 10.3. The number of rotatable bonds is 3. The number of carbonyl (C=O) groups is 1. The molecule has 0 spiro atoms. The molecule has 2 nitrogen and oxygen atoms in total. The molecule has 0 fully saturated rings. The molecule has 1 rings (SSSR count). The number of benzene rings is 1. The van der Waals surface area contributed by atoms with Crippen molar-refractivity contribution in [3.8, 4) is 5.75 Å². The van der Waals surface area contributed by atoms with Crippen LogP contribution in [0.2, 0.25) is 5.02 Å². The van der Waals surface area contributed by atoms with E-state index >= 15 is 0 Å². The number of carbonyl (C=O) groups excluding carboxylic acids is 1. The summed E-state index contributed by atoms with van der Waals surface area (Å²) in [6.07, 6.45) is 3.79. The summed E-state index contributed by atoms with van der Waals surface area (Å²) in [5.74, 6) is 0.658. The average Bonchev–Trinajstić information content (AvgIpc) is 2.16. The quantitative estimate of drug-likeness (QED) is 0.549. The van der Waals surface area contributed by atoms with Crippen molar-refractivity contribution in [2.75, 3.05) is 7.11 Å². The minimum atomic E-state index is 0.611. The highest BCUT2D eigenvalue weighted by Crippen LogP contribution is 2.23. The molecule has 0 atom stereocenters. The molecule has 0 amide bonds. The number of allylic oxidation sites excluding steroid dienone is 1. The van der Waals surface area contributed by atoms with Crippen LogP contribution in [0.25, 0.3) is 6.08 Å². The van der Waals surface area contributed by atoms with Gasteiger partial charge in [-0.05, 0) is 30.4 Å². The second-order valence-electron chi connectivity index (χ2n) is 2.38. The largest absolute Gasteiger partial charge is 0.496 e.